The van der Waals surface area contributed by atoms with Crippen molar-refractivity contribution in [3.63, 3.8) is 0 Å². The van der Waals surface area contributed by atoms with Crippen LogP contribution >= 0.6 is 34.0 Å². The van der Waals surface area contributed by atoms with E-state index in [1.165, 1.54) is 258 Å². The first-order valence-corrected chi connectivity index (χ1v) is 46.5. The summed E-state index contributed by atoms with van der Waals surface area (Å²) >= 11 is 5.74. The van der Waals surface area contributed by atoms with Gasteiger partial charge in [0, 0.05) is 153 Å². The number of benzene rings is 20. The largest absolute Gasteiger partial charge is 0.309 e. The quantitative estimate of drug-likeness (QED) is 0.164. The van der Waals surface area contributed by atoms with E-state index in [2.05, 4.69) is 446 Å². The third-order valence-electron chi connectivity index (χ3n) is 28.2. The SMILES string of the molecule is CC1(C)c2ccccc2-c2ccc(-n3c4ccc(-c5ccccc5)cc4c4c5ccccc5c5sc6ccccc6c5c43)cc21.CC1(C)c2ccccc2-c2ccc(-n3c4ccccc4c4c5ccccc5c5sc6ccccc6c5c43)cc21.c1ccc(-n2c3ccccc3c3ccc(-n4c5ccccc5c5c6ccccc6c6sc7ccccc7c6c54)cc32)cc1. The van der Waals surface area contributed by atoms with Gasteiger partial charge in [-0.05, 0) is 169 Å². The van der Waals surface area contributed by atoms with Crippen LogP contribution in [0.1, 0.15) is 49.9 Å². The first-order valence-electron chi connectivity index (χ1n) is 44.0. The normalized spacial score (nSPS) is 13.3. The zero-order valence-corrected chi connectivity index (χ0v) is 72.6. The molecule has 2 aliphatic rings. The molecule has 4 nitrogen and oxygen atoms in total. The maximum absolute atomic E-state index is 2.56. The summed E-state index contributed by atoms with van der Waals surface area (Å²) in [6, 6.07) is 148. The summed E-state index contributed by atoms with van der Waals surface area (Å²) in [5.74, 6) is 0. The first-order chi connectivity index (χ1) is 62.6. The van der Waals surface area contributed by atoms with Crippen molar-refractivity contribution < 1.29 is 0 Å². The second kappa shape index (κ2) is 27.3. The van der Waals surface area contributed by atoms with Gasteiger partial charge >= 0.3 is 0 Å². The Bertz CT molecular complexity index is 9420. The fraction of sp³-hybridized carbons (Fsp3) is 0.0500. The third-order valence-corrected chi connectivity index (χ3v) is 31.8. The van der Waals surface area contributed by atoms with E-state index in [9.17, 15) is 0 Å². The van der Waals surface area contributed by atoms with Crippen LogP contribution in [0.3, 0.4) is 0 Å². The summed E-state index contributed by atoms with van der Waals surface area (Å²) in [6.45, 7) is 9.48. The van der Waals surface area contributed by atoms with Crippen molar-refractivity contribution in [3.05, 3.63) is 423 Å². The fourth-order valence-corrected chi connectivity index (χ4v) is 26.4. The van der Waals surface area contributed by atoms with Crippen molar-refractivity contribution in [2.75, 3.05) is 0 Å². The highest BCUT2D eigenvalue weighted by Crippen LogP contribution is 2.56. The van der Waals surface area contributed by atoms with Gasteiger partial charge in [-0.15, -0.1) is 34.0 Å². The molecule has 596 valence electrons. The van der Waals surface area contributed by atoms with Crippen LogP contribution in [-0.2, 0) is 10.8 Å². The van der Waals surface area contributed by atoms with Gasteiger partial charge in [0.25, 0.3) is 0 Å². The van der Waals surface area contributed by atoms with Crippen LogP contribution < -0.4 is 0 Å². The van der Waals surface area contributed by atoms with Crippen LogP contribution in [-0.4, -0.2) is 18.3 Å². The molecule has 2 aliphatic carbocycles. The molecule has 0 amide bonds. The summed E-state index contributed by atoms with van der Waals surface area (Å²) in [5.41, 5.74) is 28.3. The summed E-state index contributed by atoms with van der Waals surface area (Å²) in [5, 5.41) is 26.4. The van der Waals surface area contributed by atoms with E-state index in [-0.39, 0.29) is 10.8 Å². The molecule has 0 spiro atoms. The van der Waals surface area contributed by atoms with Gasteiger partial charge in [0.15, 0.2) is 0 Å². The molecule has 20 aromatic carbocycles. The Hall–Kier alpha value is -15.0. The van der Waals surface area contributed by atoms with Gasteiger partial charge in [0.2, 0.25) is 0 Å². The standard InChI is InChI=1S/C43H29NS.C40H24N2S.C37H25NS/c1-43(2)35-18-10-8-14-29(35)30-22-21-28(25-36(30)43)44-37-23-20-27(26-12-4-3-5-13-26)24-34(37)39-31-15-6-7-16-32(31)42-40(41(39)44)33-17-9-11-19-38(33)45-42;1-2-12-25(13-3-1)41-33-19-9-6-14-27(33)28-23-22-26(24-35(28)41)42-34-20-10-7-17-31(34)37-29-15-4-5-16-30(29)40-38(39(37)42)32-18-8-11-21-36(32)43-40;1-37(2)29-16-8-5-11-23(29)24-20-19-22(21-30(24)37)38-31-17-9-6-14-27(31)33-25-12-3-4-13-26(25)36-34(35(33)38)28-15-7-10-18-32(28)39-36/h3-25H,1-2H3;1-24H;3-21H,1-2H3. The predicted molar refractivity (Wildman–Crippen MR) is 548 cm³/mol. The summed E-state index contributed by atoms with van der Waals surface area (Å²) in [7, 11) is 0. The molecule has 0 atom stereocenters. The second-order valence-electron chi connectivity index (χ2n) is 35.5. The Kier molecular flexibility index (Phi) is 15.6. The van der Waals surface area contributed by atoms with Crippen LogP contribution in [0.5, 0.6) is 0 Å². The molecule has 7 aromatic heterocycles. The van der Waals surface area contributed by atoms with Crippen molar-refractivity contribution in [2.24, 2.45) is 0 Å². The molecular formula is C120H78N4S3. The molecule has 0 fully saturated rings. The zero-order chi connectivity index (χ0) is 83.8. The van der Waals surface area contributed by atoms with Gasteiger partial charge in [0.05, 0.1) is 44.1 Å². The average Bonchev–Trinajstić information content (AvgIpc) is 1.54. The second-order valence-corrected chi connectivity index (χ2v) is 38.7. The molecule has 0 saturated carbocycles. The highest BCUT2D eigenvalue weighted by molar-refractivity contribution is 7.28. The minimum atomic E-state index is -0.0712. The van der Waals surface area contributed by atoms with Gasteiger partial charge in [-0.25, -0.2) is 0 Å². The predicted octanol–water partition coefficient (Wildman–Crippen LogP) is 34.3. The lowest BCUT2D eigenvalue weighted by Crippen LogP contribution is -2.15. The van der Waals surface area contributed by atoms with Gasteiger partial charge in [-0.3, -0.25) is 0 Å². The van der Waals surface area contributed by atoms with Crippen LogP contribution in [0.25, 0.3) is 236 Å². The highest BCUT2D eigenvalue weighted by atomic mass is 32.1. The molecule has 0 N–H and O–H groups in total. The van der Waals surface area contributed by atoms with Crippen molar-refractivity contribution in [1.82, 2.24) is 18.3 Å². The zero-order valence-electron chi connectivity index (χ0n) is 70.1. The molecule has 7 heteroatoms. The third kappa shape index (κ3) is 10.3. The minimum absolute atomic E-state index is 0.0439. The Morgan fingerprint density at radius 3 is 0.961 bits per heavy atom. The van der Waals surface area contributed by atoms with E-state index in [1.54, 1.807) is 0 Å². The van der Waals surface area contributed by atoms with Crippen LogP contribution in [0.2, 0.25) is 0 Å². The van der Waals surface area contributed by atoms with Gasteiger partial charge in [-0.1, -0.05) is 331 Å². The Balaban J connectivity index is 0.0000000990. The molecule has 127 heavy (non-hydrogen) atoms. The lowest BCUT2D eigenvalue weighted by atomic mass is 9.82. The van der Waals surface area contributed by atoms with Crippen LogP contribution in [0.15, 0.2) is 400 Å². The first kappa shape index (κ1) is 72.5. The van der Waals surface area contributed by atoms with Crippen molar-refractivity contribution in [3.8, 4) is 56.1 Å². The van der Waals surface area contributed by atoms with E-state index < -0.39 is 0 Å². The number of para-hydroxylation sites is 4. The molecule has 29 rings (SSSR count). The van der Waals surface area contributed by atoms with E-state index in [1.807, 2.05) is 34.0 Å². The molecule has 0 aliphatic heterocycles. The summed E-state index contributed by atoms with van der Waals surface area (Å²) < 4.78 is 18.1. The maximum atomic E-state index is 2.56. The smallest absolute Gasteiger partial charge is 0.0640 e. The molecule has 7 heterocycles. The number of nitrogens with zero attached hydrogens (tertiary/aromatic N) is 4. The topological polar surface area (TPSA) is 19.7 Å². The molecule has 0 radical (unpaired) electrons. The molecular weight excluding hydrogens is 1590 g/mol. The lowest BCUT2D eigenvalue weighted by molar-refractivity contribution is 0.660. The number of thiophene rings is 3. The number of fused-ring (bicyclic) bond motifs is 39. The van der Waals surface area contributed by atoms with Crippen molar-refractivity contribution >= 4 is 214 Å². The number of hydrogen-bond donors (Lipinski definition) is 0. The molecule has 0 unspecified atom stereocenters. The summed E-state index contributed by atoms with van der Waals surface area (Å²) in [6.07, 6.45) is 0. The molecule has 0 bridgehead atoms. The van der Waals surface area contributed by atoms with Crippen LogP contribution in [0, 0.1) is 0 Å². The van der Waals surface area contributed by atoms with Crippen molar-refractivity contribution in [1.29, 1.82) is 0 Å². The fourth-order valence-electron chi connectivity index (χ4n) is 22.6. The van der Waals surface area contributed by atoms with Gasteiger partial charge in [-0.2, -0.15) is 0 Å². The minimum Gasteiger partial charge on any atom is -0.309 e. The monoisotopic (exact) mass is 1670 g/mol. The number of hydrogen-bond acceptors (Lipinski definition) is 3. The number of rotatable bonds is 5. The Morgan fingerprint density at radius 1 is 0.181 bits per heavy atom. The average molecular weight is 1670 g/mol. The van der Waals surface area contributed by atoms with Crippen molar-refractivity contribution in [2.45, 2.75) is 38.5 Å². The maximum Gasteiger partial charge on any atom is 0.0640 e. The van der Waals surface area contributed by atoms with Gasteiger partial charge in [0.1, 0.15) is 0 Å². The van der Waals surface area contributed by atoms with E-state index in [0.717, 1.165) is 0 Å². The Morgan fingerprint density at radius 2 is 0.504 bits per heavy atom. The van der Waals surface area contributed by atoms with E-state index in [0.29, 0.717) is 0 Å². The van der Waals surface area contributed by atoms with Crippen LogP contribution in [0.4, 0.5) is 0 Å². The van der Waals surface area contributed by atoms with E-state index in [4.69, 9.17) is 0 Å². The molecule has 27 aromatic rings. The van der Waals surface area contributed by atoms with Gasteiger partial charge < -0.3 is 18.3 Å². The lowest BCUT2D eigenvalue weighted by Gasteiger charge is -2.22. The summed E-state index contributed by atoms with van der Waals surface area (Å²) in [4.78, 5) is 0. The number of aromatic nitrogens is 4. The highest BCUT2D eigenvalue weighted by Gasteiger charge is 2.38. The Labute approximate surface area is 743 Å². The molecule has 0 saturated heterocycles. The van der Waals surface area contributed by atoms with E-state index >= 15 is 0 Å².